The van der Waals surface area contributed by atoms with E-state index in [4.69, 9.17) is 0 Å². The van der Waals surface area contributed by atoms with Crippen molar-refractivity contribution in [3.05, 3.63) is 24.3 Å². The van der Waals surface area contributed by atoms with E-state index in [1.54, 1.807) is 4.90 Å². The highest BCUT2D eigenvalue weighted by Crippen LogP contribution is 2.21. The molecule has 0 atom stereocenters. The summed E-state index contributed by atoms with van der Waals surface area (Å²) in [5.74, 6) is 0.145. The number of unbranched alkanes of at least 4 members (excludes halogenated alkanes) is 1. The Balaban J connectivity index is 1.79. The molecule has 0 unspecified atom stereocenters. The summed E-state index contributed by atoms with van der Waals surface area (Å²) in [6.45, 7) is 5.66. The molecule has 0 bridgehead atoms. The van der Waals surface area contributed by atoms with Gasteiger partial charge in [-0.2, -0.15) is 0 Å². The van der Waals surface area contributed by atoms with Crippen molar-refractivity contribution < 1.29 is 4.79 Å². The van der Waals surface area contributed by atoms with Crippen LogP contribution in [0.5, 0.6) is 0 Å². The molecule has 1 fully saturated rings. The topological polar surface area (TPSA) is 35.6 Å². The summed E-state index contributed by atoms with van der Waals surface area (Å²) in [5, 5.41) is 3.21. The van der Waals surface area contributed by atoms with Gasteiger partial charge in [-0.05, 0) is 43.5 Å². The molecule has 1 aromatic rings. The molecule has 1 saturated heterocycles. The molecule has 1 aromatic carbocycles. The standard InChI is InChI=1S/C17H27N3O/c1-3-4-11-19(2)17(21)14-18-15-7-9-16(10-8-15)20-12-5-6-13-20/h7-10,18H,3-6,11-14H2,1-2H3. The fourth-order valence-corrected chi connectivity index (χ4v) is 2.60. The van der Waals surface area contributed by atoms with Gasteiger partial charge in [0.15, 0.2) is 0 Å². The van der Waals surface area contributed by atoms with Crippen molar-refractivity contribution >= 4 is 17.3 Å². The Kier molecular flexibility index (Phi) is 5.90. The highest BCUT2D eigenvalue weighted by atomic mass is 16.2. The summed E-state index contributed by atoms with van der Waals surface area (Å²) in [5.41, 5.74) is 2.29. The van der Waals surface area contributed by atoms with E-state index >= 15 is 0 Å². The third kappa shape index (κ3) is 4.66. The van der Waals surface area contributed by atoms with Gasteiger partial charge in [0.25, 0.3) is 0 Å². The van der Waals surface area contributed by atoms with Crippen LogP contribution in [0, 0.1) is 0 Å². The molecule has 2 rings (SSSR count). The molecule has 1 amide bonds. The van der Waals surface area contributed by atoms with Crippen molar-refractivity contribution in [3.63, 3.8) is 0 Å². The van der Waals surface area contributed by atoms with Crippen molar-refractivity contribution in [2.75, 3.05) is 43.4 Å². The molecule has 0 aliphatic carbocycles. The van der Waals surface area contributed by atoms with Gasteiger partial charge in [-0.1, -0.05) is 13.3 Å². The second-order valence-electron chi connectivity index (χ2n) is 5.76. The van der Waals surface area contributed by atoms with Gasteiger partial charge in [0.2, 0.25) is 5.91 Å². The molecule has 0 saturated carbocycles. The molecule has 4 nitrogen and oxygen atoms in total. The average Bonchev–Trinajstić information content (AvgIpc) is 3.05. The van der Waals surface area contributed by atoms with Crippen molar-refractivity contribution in [2.45, 2.75) is 32.6 Å². The molecule has 0 aromatic heterocycles. The number of nitrogens with one attached hydrogen (secondary N) is 1. The molecule has 1 heterocycles. The van der Waals surface area contributed by atoms with E-state index in [1.165, 1.54) is 18.5 Å². The second kappa shape index (κ2) is 7.91. The summed E-state index contributed by atoms with van der Waals surface area (Å²) < 4.78 is 0. The Labute approximate surface area is 128 Å². The van der Waals surface area contributed by atoms with Gasteiger partial charge in [0, 0.05) is 38.1 Å². The summed E-state index contributed by atoms with van der Waals surface area (Å²) in [7, 11) is 1.87. The number of rotatable bonds is 7. The van der Waals surface area contributed by atoms with Gasteiger partial charge < -0.3 is 15.1 Å². The van der Waals surface area contributed by atoms with Gasteiger partial charge in [-0.15, -0.1) is 0 Å². The van der Waals surface area contributed by atoms with E-state index in [0.717, 1.165) is 38.2 Å². The maximum absolute atomic E-state index is 12.0. The zero-order chi connectivity index (χ0) is 15.1. The molecule has 1 aliphatic rings. The van der Waals surface area contributed by atoms with Crippen LogP contribution in [0.3, 0.4) is 0 Å². The minimum Gasteiger partial charge on any atom is -0.376 e. The number of likely N-dealkylation sites (N-methyl/N-ethyl adjacent to an activating group) is 1. The maximum atomic E-state index is 12.0. The number of nitrogens with zero attached hydrogens (tertiary/aromatic N) is 2. The first kappa shape index (κ1) is 15.7. The minimum atomic E-state index is 0.145. The summed E-state index contributed by atoms with van der Waals surface area (Å²) in [6, 6.07) is 8.40. The SMILES string of the molecule is CCCCN(C)C(=O)CNc1ccc(N2CCCC2)cc1. The van der Waals surface area contributed by atoms with E-state index in [1.807, 2.05) is 7.05 Å². The zero-order valence-electron chi connectivity index (χ0n) is 13.3. The number of hydrogen-bond donors (Lipinski definition) is 1. The normalized spacial score (nSPS) is 14.3. The lowest BCUT2D eigenvalue weighted by Crippen LogP contribution is -2.32. The lowest BCUT2D eigenvalue weighted by atomic mass is 10.2. The maximum Gasteiger partial charge on any atom is 0.241 e. The summed E-state index contributed by atoms with van der Waals surface area (Å²) in [6.07, 6.45) is 4.76. The van der Waals surface area contributed by atoms with Crippen LogP contribution < -0.4 is 10.2 Å². The van der Waals surface area contributed by atoms with Gasteiger partial charge in [-0.25, -0.2) is 0 Å². The fourth-order valence-electron chi connectivity index (χ4n) is 2.60. The number of benzene rings is 1. The van der Waals surface area contributed by atoms with E-state index in [-0.39, 0.29) is 5.91 Å². The quantitative estimate of drug-likeness (QED) is 0.838. The summed E-state index contributed by atoms with van der Waals surface area (Å²) >= 11 is 0. The number of carbonyl (C=O) groups is 1. The van der Waals surface area contributed by atoms with E-state index in [2.05, 4.69) is 41.4 Å². The van der Waals surface area contributed by atoms with Crippen molar-refractivity contribution in [2.24, 2.45) is 0 Å². The number of hydrogen-bond acceptors (Lipinski definition) is 3. The van der Waals surface area contributed by atoms with Crippen LogP contribution >= 0.6 is 0 Å². The Hall–Kier alpha value is -1.71. The van der Waals surface area contributed by atoms with Crippen LogP contribution in [0.1, 0.15) is 32.6 Å². The first-order chi connectivity index (χ1) is 10.2. The van der Waals surface area contributed by atoms with Crippen molar-refractivity contribution in [1.82, 2.24) is 4.90 Å². The average molecular weight is 289 g/mol. The van der Waals surface area contributed by atoms with Crippen LogP contribution in [0.25, 0.3) is 0 Å². The molecule has 1 aliphatic heterocycles. The first-order valence-electron chi connectivity index (χ1n) is 8.03. The lowest BCUT2D eigenvalue weighted by molar-refractivity contribution is -0.128. The largest absolute Gasteiger partial charge is 0.376 e. The van der Waals surface area contributed by atoms with Gasteiger partial charge >= 0.3 is 0 Å². The highest BCUT2D eigenvalue weighted by Gasteiger charge is 2.12. The van der Waals surface area contributed by atoms with Crippen LogP contribution in [-0.4, -0.2) is 44.0 Å². The minimum absolute atomic E-state index is 0.145. The monoisotopic (exact) mass is 289 g/mol. The molecule has 21 heavy (non-hydrogen) atoms. The third-order valence-electron chi connectivity index (χ3n) is 4.06. The van der Waals surface area contributed by atoms with E-state index in [0.29, 0.717) is 6.54 Å². The van der Waals surface area contributed by atoms with Gasteiger partial charge in [0.05, 0.1) is 6.54 Å². The van der Waals surface area contributed by atoms with Crippen molar-refractivity contribution in [1.29, 1.82) is 0 Å². The van der Waals surface area contributed by atoms with E-state index in [9.17, 15) is 4.79 Å². The van der Waals surface area contributed by atoms with Crippen LogP contribution in [-0.2, 0) is 4.79 Å². The molecular formula is C17H27N3O. The molecule has 0 spiro atoms. The Morgan fingerprint density at radius 2 is 1.90 bits per heavy atom. The van der Waals surface area contributed by atoms with Crippen molar-refractivity contribution in [3.8, 4) is 0 Å². The van der Waals surface area contributed by atoms with Gasteiger partial charge in [-0.3, -0.25) is 4.79 Å². The predicted octanol–water partition coefficient (Wildman–Crippen LogP) is 2.96. The van der Waals surface area contributed by atoms with Crippen LogP contribution in [0.2, 0.25) is 0 Å². The Morgan fingerprint density at radius 3 is 2.52 bits per heavy atom. The number of anilines is 2. The van der Waals surface area contributed by atoms with Crippen LogP contribution in [0.15, 0.2) is 24.3 Å². The third-order valence-corrected chi connectivity index (χ3v) is 4.06. The first-order valence-corrected chi connectivity index (χ1v) is 8.03. The van der Waals surface area contributed by atoms with E-state index < -0.39 is 0 Å². The molecule has 0 radical (unpaired) electrons. The fraction of sp³-hybridized carbons (Fsp3) is 0.588. The zero-order valence-corrected chi connectivity index (χ0v) is 13.3. The van der Waals surface area contributed by atoms with Gasteiger partial charge in [0.1, 0.15) is 0 Å². The molecule has 4 heteroatoms. The summed E-state index contributed by atoms with van der Waals surface area (Å²) in [4.78, 5) is 16.2. The molecule has 116 valence electrons. The van der Waals surface area contributed by atoms with Crippen LogP contribution in [0.4, 0.5) is 11.4 Å². The molecular weight excluding hydrogens is 262 g/mol. The number of carbonyl (C=O) groups excluding carboxylic acids is 1. The lowest BCUT2D eigenvalue weighted by Gasteiger charge is -2.19. The Bertz CT molecular complexity index is 438. The second-order valence-corrected chi connectivity index (χ2v) is 5.76. The number of amides is 1. The predicted molar refractivity (Wildman–Crippen MR) is 88.9 cm³/mol. The highest BCUT2D eigenvalue weighted by molar-refractivity contribution is 5.80. The smallest absolute Gasteiger partial charge is 0.241 e. The molecule has 1 N–H and O–H groups in total. The Morgan fingerprint density at radius 1 is 1.24 bits per heavy atom.